The lowest BCUT2D eigenvalue weighted by Crippen LogP contribution is -2.49. The number of amides is 1. The number of hydrogen-bond acceptors (Lipinski definition) is 7. The van der Waals surface area contributed by atoms with Gasteiger partial charge in [-0.3, -0.25) is 4.79 Å². The number of fused-ring (bicyclic) bond motifs is 1. The summed E-state index contributed by atoms with van der Waals surface area (Å²) in [5.74, 6) is 2.52. The fourth-order valence-electron chi connectivity index (χ4n) is 3.97. The maximum atomic E-state index is 12.8. The fraction of sp³-hybridized carbons (Fsp3) is 0.292. The summed E-state index contributed by atoms with van der Waals surface area (Å²) in [6.07, 6.45) is 2.68. The van der Waals surface area contributed by atoms with Crippen LogP contribution in [0.5, 0.6) is 0 Å². The number of carbonyl (C=O) groups excluding carboxylic acids is 1. The van der Waals surface area contributed by atoms with Gasteiger partial charge in [0.25, 0.3) is 0 Å². The molecule has 9 heteroatoms. The number of carbonyl (C=O) groups is 1. The summed E-state index contributed by atoms with van der Waals surface area (Å²) >= 11 is 0. The largest absolute Gasteiger partial charge is 0.365 e. The number of benzene rings is 1. The highest BCUT2D eigenvalue weighted by atomic mass is 16.2. The van der Waals surface area contributed by atoms with Crippen LogP contribution in [0.2, 0.25) is 0 Å². The Hall–Kier alpha value is -4.01. The second-order valence-electron chi connectivity index (χ2n) is 8.00. The zero-order valence-electron chi connectivity index (χ0n) is 18.3. The molecule has 3 aromatic heterocycles. The maximum Gasteiger partial charge on any atom is 0.223 e. The standard InChI is InChI=1S/C24H26N8O/c33-24(31-16-14-30(15-17-31)21-8-4-5-13-25-21)12-11-23-28-27-22-10-9-20(29-32(22)23)26-18-19-6-2-1-3-7-19/h1-10,13H,11-12,14-18H2,(H,26,29). The summed E-state index contributed by atoms with van der Waals surface area (Å²) in [6.45, 7) is 3.65. The third-order valence-corrected chi connectivity index (χ3v) is 5.81. The van der Waals surface area contributed by atoms with E-state index >= 15 is 0 Å². The van der Waals surface area contributed by atoms with Crippen molar-refractivity contribution in [1.29, 1.82) is 0 Å². The molecule has 33 heavy (non-hydrogen) atoms. The van der Waals surface area contributed by atoms with E-state index in [4.69, 9.17) is 0 Å². The topological polar surface area (TPSA) is 91.5 Å². The smallest absolute Gasteiger partial charge is 0.223 e. The van der Waals surface area contributed by atoms with Crippen molar-refractivity contribution in [2.45, 2.75) is 19.4 Å². The molecule has 1 aliphatic heterocycles. The van der Waals surface area contributed by atoms with Crippen molar-refractivity contribution in [3.05, 3.63) is 78.2 Å². The molecule has 4 aromatic rings. The highest BCUT2D eigenvalue weighted by Crippen LogP contribution is 2.14. The summed E-state index contributed by atoms with van der Waals surface area (Å²) < 4.78 is 1.72. The predicted molar refractivity (Wildman–Crippen MR) is 126 cm³/mol. The number of rotatable bonds is 7. The van der Waals surface area contributed by atoms with E-state index in [0.29, 0.717) is 43.9 Å². The molecule has 1 amide bonds. The number of piperazine rings is 1. The molecule has 1 aromatic carbocycles. The lowest BCUT2D eigenvalue weighted by atomic mass is 10.2. The van der Waals surface area contributed by atoms with Crippen molar-refractivity contribution in [2.24, 2.45) is 0 Å². The second kappa shape index (κ2) is 9.64. The van der Waals surface area contributed by atoms with E-state index in [0.717, 1.165) is 24.7 Å². The summed E-state index contributed by atoms with van der Waals surface area (Å²) in [6, 6.07) is 19.8. The van der Waals surface area contributed by atoms with Gasteiger partial charge in [-0.2, -0.15) is 4.52 Å². The van der Waals surface area contributed by atoms with E-state index in [2.05, 4.69) is 42.6 Å². The van der Waals surface area contributed by atoms with Crippen LogP contribution < -0.4 is 10.2 Å². The van der Waals surface area contributed by atoms with Crippen molar-refractivity contribution in [1.82, 2.24) is 29.7 Å². The molecule has 0 unspecified atom stereocenters. The summed E-state index contributed by atoms with van der Waals surface area (Å²) in [5.41, 5.74) is 1.85. The first kappa shape index (κ1) is 20.9. The number of nitrogens with zero attached hydrogens (tertiary/aromatic N) is 7. The number of hydrogen-bond donors (Lipinski definition) is 1. The van der Waals surface area contributed by atoms with Crippen molar-refractivity contribution < 1.29 is 4.79 Å². The molecule has 1 saturated heterocycles. The molecule has 4 heterocycles. The van der Waals surface area contributed by atoms with Crippen LogP contribution in [0.1, 0.15) is 17.8 Å². The first-order chi connectivity index (χ1) is 16.3. The average molecular weight is 443 g/mol. The quantitative estimate of drug-likeness (QED) is 0.470. The molecular formula is C24H26N8O. The summed E-state index contributed by atoms with van der Waals surface area (Å²) in [5, 5.41) is 16.4. The number of aromatic nitrogens is 5. The molecule has 0 atom stereocenters. The Morgan fingerprint density at radius 2 is 1.73 bits per heavy atom. The van der Waals surface area contributed by atoms with E-state index in [9.17, 15) is 4.79 Å². The summed E-state index contributed by atoms with van der Waals surface area (Å²) in [7, 11) is 0. The monoisotopic (exact) mass is 442 g/mol. The zero-order chi connectivity index (χ0) is 22.5. The SMILES string of the molecule is O=C(CCc1nnc2ccc(NCc3ccccc3)nn12)N1CCN(c2ccccn2)CC1. The first-order valence-corrected chi connectivity index (χ1v) is 11.2. The molecule has 0 spiro atoms. The van der Waals surface area contributed by atoms with Gasteiger partial charge < -0.3 is 15.1 Å². The van der Waals surface area contributed by atoms with Gasteiger partial charge in [0.1, 0.15) is 11.6 Å². The number of aryl methyl sites for hydroxylation is 1. The van der Waals surface area contributed by atoms with Crippen molar-refractivity contribution in [3.63, 3.8) is 0 Å². The lowest BCUT2D eigenvalue weighted by molar-refractivity contribution is -0.131. The van der Waals surface area contributed by atoms with E-state index in [1.165, 1.54) is 5.56 Å². The van der Waals surface area contributed by atoms with Gasteiger partial charge in [0.05, 0.1) is 0 Å². The van der Waals surface area contributed by atoms with Crippen LogP contribution in [0.15, 0.2) is 66.9 Å². The van der Waals surface area contributed by atoms with Crippen molar-refractivity contribution >= 4 is 23.2 Å². The third kappa shape index (κ3) is 4.92. The Labute approximate surface area is 192 Å². The molecule has 0 bridgehead atoms. The van der Waals surface area contributed by atoms with E-state index in [1.807, 2.05) is 53.4 Å². The van der Waals surface area contributed by atoms with Gasteiger partial charge in [-0.1, -0.05) is 36.4 Å². The molecule has 9 nitrogen and oxygen atoms in total. The zero-order valence-corrected chi connectivity index (χ0v) is 18.3. The third-order valence-electron chi connectivity index (χ3n) is 5.81. The predicted octanol–water partition coefficient (Wildman–Crippen LogP) is 2.41. The molecule has 0 aliphatic carbocycles. The molecule has 0 saturated carbocycles. The Kier molecular flexibility index (Phi) is 6.10. The molecule has 1 fully saturated rings. The Bertz CT molecular complexity index is 1200. The second-order valence-corrected chi connectivity index (χ2v) is 8.00. The fourth-order valence-corrected chi connectivity index (χ4v) is 3.97. The van der Waals surface area contributed by atoms with Crippen molar-refractivity contribution in [3.8, 4) is 0 Å². The van der Waals surface area contributed by atoms with Crippen LogP contribution in [0.25, 0.3) is 5.65 Å². The van der Waals surface area contributed by atoms with Gasteiger partial charge >= 0.3 is 0 Å². The van der Waals surface area contributed by atoms with Crippen LogP contribution in [0.3, 0.4) is 0 Å². The van der Waals surface area contributed by atoms with Gasteiger partial charge in [-0.15, -0.1) is 15.3 Å². The molecular weight excluding hydrogens is 416 g/mol. The van der Waals surface area contributed by atoms with E-state index < -0.39 is 0 Å². The average Bonchev–Trinajstić information content (AvgIpc) is 3.29. The van der Waals surface area contributed by atoms with Crippen LogP contribution in [0.4, 0.5) is 11.6 Å². The van der Waals surface area contributed by atoms with Gasteiger partial charge in [-0.05, 0) is 29.8 Å². The van der Waals surface area contributed by atoms with Gasteiger partial charge in [0.15, 0.2) is 11.5 Å². The first-order valence-electron chi connectivity index (χ1n) is 11.2. The van der Waals surface area contributed by atoms with E-state index in [-0.39, 0.29) is 5.91 Å². The highest BCUT2D eigenvalue weighted by Gasteiger charge is 2.22. The van der Waals surface area contributed by atoms with Crippen LogP contribution >= 0.6 is 0 Å². The van der Waals surface area contributed by atoms with Gasteiger partial charge in [-0.25, -0.2) is 4.98 Å². The Balaban J connectivity index is 1.17. The minimum absolute atomic E-state index is 0.130. The number of pyridine rings is 1. The summed E-state index contributed by atoms with van der Waals surface area (Å²) in [4.78, 5) is 21.3. The molecule has 1 aliphatic rings. The molecule has 168 valence electrons. The Morgan fingerprint density at radius 1 is 0.909 bits per heavy atom. The normalized spacial score (nSPS) is 13.9. The lowest BCUT2D eigenvalue weighted by Gasteiger charge is -2.35. The Morgan fingerprint density at radius 3 is 2.52 bits per heavy atom. The van der Waals surface area contributed by atoms with Gasteiger partial charge in [0, 0.05) is 51.8 Å². The maximum absolute atomic E-state index is 12.8. The number of nitrogens with one attached hydrogen (secondary N) is 1. The van der Waals surface area contributed by atoms with Gasteiger partial charge in [0.2, 0.25) is 5.91 Å². The van der Waals surface area contributed by atoms with E-state index in [1.54, 1.807) is 10.7 Å². The number of anilines is 2. The highest BCUT2D eigenvalue weighted by molar-refractivity contribution is 5.76. The molecule has 1 N–H and O–H groups in total. The minimum atomic E-state index is 0.130. The minimum Gasteiger partial charge on any atom is -0.365 e. The van der Waals surface area contributed by atoms with Crippen LogP contribution in [-0.4, -0.2) is 61.8 Å². The van der Waals surface area contributed by atoms with Crippen LogP contribution in [0, 0.1) is 0 Å². The van der Waals surface area contributed by atoms with Crippen LogP contribution in [-0.2, 0) is 17.8 Å². The molecule has 5 rings (SSSR count). The van der Waals surface area contributed by atoms with Crippen molar-refractivity contribution in [2.75, 3.05) is 36.4 Å². The molecule has 0 radical (unpaired) electrons.